The van der Waals surface area contributed by atoms with Crippen LogP contribution in [0.5, 0.6) is 5.75 Å². The van der Waals surface area contributed by atoms with Crippen LogP contribution in [0.15, 0.2) is 53.7 Å². The highest BCUT2D eigenvalue weighted by atomic mass is 32.2. The molecule has 0 fully saturated rings. The van der Waals surface area contributed by atoms with Crippen LogP contribution in [-0.2, 0) is 4.79 Å². The van der Waals surface area contributed by atoms with Gasteiger partial charge in [-0.05, 0) is 53.7 Å². The Morgan fingerprint density at radius 1 is 1.10 bits per heavy atom. The van der Waals surface area contributed by atoms with Crippen LogP contribution in [0.4, 0.5) is 5.69 Å². The van der Waals surface area contributed by atoms with Crippen molar-refractivity contribution in [1.29, 1.82) is 0 Å². The minimum atomic E-state index is -0.495. The van der Waals surface area contributed by atoms with E-state index in [1.54, 1.807) is 36.1 Å². The zero-order valence-corrected chi connectivity index (χ0v) is 18.9. The van der Waals surface area contributed by atoms with Crippen molar-refractivity contribution in [3.63, 3.8) is 0 Å². The van der Waals surface area contributed by atoms with Gasteiger partial charge in [-0.25, -0.2) is 0 Å². The molecular formula is C22H25N5O3S. The first-order valence-corrected chi connectivity index (χ1v) is 10.6. The third-order valence-corrected chi connectivity index (χ3v) is 5.55. The molecule has 3 rings (SSSR count). The van der Waals surface area contributed by atoms with Gasteiger partial charge >= 0.3 is 0 Å². The summed E-state index contributed by atoms with van der Waals surface area (Å²) in [6.45, 7) is 7.34. The second kappa shape index (κ2) is 9.30. The summed E-state index contributed by atoms with van der Waals surface area (Å²) in [6, 6.07) is 14.3. The molecule has 1 unspecified atom stereocenters. The number of nitrogens with one attached hydrogen (secondary N) is 1. The number of carbonyl (C=O) groups is 2. The first-order chi connectivity index (χ1) is 14.7. The topological polar surface area (TPSA) is 99.0 Å². The van der Waals surface area contributed by atoms with Crippen LogP contribution < -0.4 is 10.1 Å². The maximum absolute atomic E-state index is 12.9. The Kier molecular flexibility index (Phi) is 6.74. The molecule has 1 aromatic heterocycles. The van der Waals surface area contributed by atoms with E-state index in [1.165, 1.54) is 11.8 Å². The fraction of sp³-hybridized carbons (Fsp3) is 0.318. The molecule has 1 amide bonds. The van der Waals surface area contributed by atoms with E-state index in [2.05, 4.69) is 20.8 Å². The minimum Gasteiger partial charge on any atom is -0.494 e. The highest BCUT2D eigenvalue weighted by Crippen LogP contribution is 2.29. The number of ketones is 1. The predicted molar refractivity (Wildman–Crippen MR) is 120 cm³/mol. The van der Waals surface area contributed by atoms with E-state index in [1.807, 2.05) is 52.0 Å². The van der Waals surface area contributed by atoms with E-state index in [9.17, 15) is 9.59 Å². The molecule has 1 N–H and O–H groups in total. The van der Waals surface area contributed by atoms with Crippen LogP contribution in [0.25, 0.3) is 5.69 Å². The molecule has 162 valence electrons. The number of nitrogens with zero attached hydrogens (tertiary/aromatic N) is 4. The third-order valence-electron chi connectivity index (χ3n) is 4.51. The molecule has 8 nitrogen and oxygen atoms in total. The Balaban J connectivity index is 1.72. The Hall–Kier alpha value is -3.20. The molecule has 0 spiro atoms. The number of amides is 1. The number of tetrazole rings is 1. The zero-order valence-electron chi connectivity index (χ0n) is 18.1. The molecule has 2 aromatic carbocycles. The van der Waals surface area contributed by atoms with Crippen molar-refractivity contribution in [3.05, 3.63) is 54.1 Å². The fourth-order valence-corrected chi connectivity index (χ4v) is 3.57. The molecule has 0 radical (unpaired) electrons. The van der Waals surface area contributed by atoms with Gasteiger partial charge in [0, 0.05) is 16.7 Å². The molecule has 1 atom stereocenters. The second-order valence-corrected chi connectivity index (χ2v) is 9.26. The molecule has 0 saturated carbocycles. The number of aromatic nitrogens is 4. The molecule has 0 bridgehead atoms. The van der Waals surface area contributed by atoms with Crippen molar-refractivity contribution >= 4 is 29.1 Å². The molecule has 1 heterocycles. The van der Waals surface area contributed by atoms with Crippen LogP contribution in [0.3, 0.4) is 0 Å². The smallest absolute Gasteiger partial charge is 0.229 e. The lowest BCUT2D eigenvalue weighted by Gasteiger charge is -2.17. The number of Topliss-reactive ketones (excluding diaryl/α,β-unsaturated/α-hetero) is 1. The summed E-state index contributed by atoms with van der Waals surface area (Å²) in [5.74, 6) is 0.482. The van der Waals surface area contributed by atoms with E-state index in [0.29, 0.717) is 27.8 Å². The van der Waals surface area contributed by atoms with Crippen molar-refractivity contribution in [2.45, 2.75) is 38.1 Å². The van der Waals surface area contributed by atoms with Gasteiger partial charge in [-0.2, -0.15) is 4.68 Å². The molecule has 3 aromatic rings. The van der Waals surface area contributed by atoms with Gasteiger partial charge in [0.05, 0.1) is 12.4 Å². The van der Waals surface area contributed by atoms with Gasteiger partial charge < -0.3 is 10.1 Å². The number of thioether (sulfide) groups is 1. The molecule has 31 heavy (non-hydrogen) atoms. The summed E-state index contributed by atoms with van der Waals surface area (Å²) in [6.07, 6.45) is 0. The maximum Gasteiger partial charge on any atom is 0.229 e. The van der Waals surface area contributed by atoms with Crippen LogP contribution in [0.1, 0.15) is 38.1 Å². The largest absolute Gasteiger partial charge is 0.494 e. The maximum atomic E-state index is 12.9. The molecular weight excluding hydrogens is 414 g/mol. The van der Waals surface area contributed by atoms with E-state index >= 15 is 0 Å². The van der Waals surface area contributed by atoms with Gasteiger partial charge in [-0.1, -0.05) is 44.7 Å². The average molecular weight is 440 g/mol. The quantitative estimate of drug-likeness (QED) is 0.438. The van der Waals surface area contributed by atoms with Crippen LogP contribution in [0, 0.1) is 5.41 Å². The molecule has 0 aliphatic carbocycles. The molecule has 0 aliphatic heterocycles. The number of hydrogen-bond donors (Lipinski definition) is 1. The lowest BCUT2D eigenvalue weighted by Crippen LogP contribution is -2.27. The normalized spacial score (nSPS) is 12.3. The van der Waals surface area contributed by atoms with Crippen molar-refractivity contribution in [1.82, 2.24) is 20.2 Å². The third kappa shape index (κ3) is 5.29. The minimum absolute atomic E-state index is 0.0618. The Labute approximate surface area is 185 Å². The number of ether oxygens (including phenoxy) is 1. The second-order valence-electron chi connectivity index (χ2n) is 7.95. The van der Waals surface area contributed by atoms with Gasteiger partial charge in [0.2, 0.25) is 11.1 Å². The summed E-state index contributed by atoms with van der Waals surface area (Å²) >= 11 is 1.26. The Morgan fingerprint density at radius 3 is 2.42 bits per heavy atom. The van der Waals surface area contributed by atoms with Gasteiger partial charge in [0.15, 0.2) is 5.78 Å². The summed E-state index contributed by atoms with van der Waals surface area (Å²) in [4.78, 5) is 25.0. The number of hydrogen-bond acceptors (Lipinski definition) is 7. The van der Waals surface area contributed by atoms with Gasteiger partial charge in [-0.3, -0.25) is 9.59 Å². The number of para-hydroxylation sites is 2. The molecule has 0 aliphatic rings. The highest BCUT2D eigenvalue weighted by molar-refractivity contribution is 8.00. The summed E-state index contributed by atoms with van der Waals surface area (Å²) in [5.41, 5.74) is 1.39. The van der Waals surface area contributed by atoms with E-state index < -0.39 is 10.7 Å². The fourth-order valence-electron chi connectivity index (χ4n) is 2.69. The standard InChI is InChI=1S/C22H25N5O3S/c1-14(19(28)15-10-12-16(13-11-15)23-20(29)22(2,3)4)31-21-24-25-26-27(21)17-8-6-7-9-18(17)30-5/h6-14H,1-5H3,(H,23,29). The summed E-state index contributed by atoms with van der Waals surface area (Å²) < 4.78 is 6.94. The average Bonchev–Trinajstić information content (AvgIpc) is 3.20. The Morgan fingerprint density at radius 2 is 1.77 bits per heavy atom. The first-order valence-electron chi connectivity index (χ1n) is 9.75. The first kappa shape index (κ1) is 22.5. The monoisotopic (exact) mass is 439 g/mol. The number of methoxy groups -OCH3 is 1. The predicted octanol–water partition coefficient (Wildman–Crippen LogP) is 4.02. The van der Waals surface area contributed by atoms with Crippen LogP contribution >= 0.6 is 11.8 Å². The molecule has 0 saturated heterocycles. The van der Waals surface area contributed by atoms with E-state index in [4.69, 9.17) is 4.74 Å². The van der Waals surface area contributed by atoms with Crippen molar-refractivity contribution in [2.24, 2.45) is 5.41 Å². The van der Waals surface area contributed by atoms with Crippen molar-refractivity contribution in [2.75, 3.05) is 12.4 Å². The van der Waals surface area contributed by atoms with Crippen LogP contribution in [0.2, 0.25) is 0 Å². The summed E-state index contributed by atoms with van der Waals surface area (Å²) in [7, 11) is 1.58. The van der Waals surface area contributed by atoms with E-state index in [0.717, 1.165) is 0 Å². The van der Waals surface area contributed by atoms with Crippen molar-refractivity contribution in [3.8, 4) is 11.4 Å². The summed E-state index contributed by atoms with van der Waals surface area (Å²) in [5, 5.41) is 14.8. The van der Waals surface area contributed by atoms with Crippen molar-refractivity contribution < 1.29 is 14.3 Å². The Bertz CT molecular complexity index is 1070. The lowest BCUT2D eigenvalue weighted by molar-refractivity contribution is -0.123. The van der Waals surface area contributed by atoms with E-state index in [-0.39, 0.29) is 11.7 Å². The molecule has 9 heteroatoms. The number of benzene rings is 2. The number of carbonyl (C=O) groups excluding carboxylic acids is 2. The number of rotatable bonds is 7. The highest BCUT2D eigenvalue weighted by Gasteiger charge is 2.23. The zero-order chi connectivity index (χ0) is 22.6. The lowest BCUT2D eigenvalue weighted by atomic mass is 9.95. The van der Waals surface area contributed by atoms with Gasteiger partial charge in [0.25, 0.3) is 0 Å². The van der Waals surface area contributed by atoms with Crippen LogP contribution in [-0.4, -0.2) is 44.3 Å². The van der Waals surface area contributed by atoms with Gasteiger partial charge in [0.1, 0.15) is 11.4 Å². The number of anilines is 1. The SMILES string of the molecule is COc1ccccc1-n1nnnc1SC(C)C(=O)c1ccc(NC(=O)C(C)(C)C)cc1. The van der Waals surface area contributed by atoms with Gasteiger partial charge in [-0.15, -0.1) is 5.10 Å².